The van der Waals surface area contributed by atoms with Gasteiger partial charge in [0, 0.05) is 5.41 Å². The zero-order valence-corrected chi connectivity index (χ0v) is 12.0. The molecule has 0 spiro atoms. The van der Waals surface area contributed by atoms with Crippen LogP contribution in [0.25, 0.3) is 6.08 Å². The van der Waals surface area contributed by atoms with E-state index in [4.69, 9.17) is 0 Å². The maximum atomic E-state index is 2.52. The van der Waals surface area contributed by atoms with Gasteiger partial charge in [-0.25, -0.2) is 0 Å². The molecule has 1 unspecified atom stereocenters. The lowest BCUT2D eigenvalue weighted by Gasteiger charge is -2.41. The summed E-state index contributed by atoms with van der Waals surface area (Å²) in [4.78, 5) is 0. The third-order valence-corrected chi connectivity index (χ3v) is 5.48. The maximum absolute atomic E-state index is 2.52. The molecule has 0 bridgehead atoms. The molecule has 0 heterocycles. The van der Waals surface area contributed by atoms with Gasteiger partial charge in [-0.15, -0.1) is 0 Å². The summed E-state index contributed by atoms with van der Waals surface area (Å²) >= 11 is 0. The monoisotopic (exact) mass is 262 g/mol. The standard InChI is InChI=1S/C20H22/c1-2-9-17(10-3-1)20(18-11-5-6-12-18)15-14-16-8-4-7-13-19(16)20/h4-8,11,13-15,17H,1-3,9-10,12H2. The van der Waals surface area contributed by atoms with E-state index in [1.165, 1.54) is 37.7 Å². The van der Waals surface area contributed by atoms with Gasteiger partial charge in [-0.2, -0.15) is 0 Å². The van der Waals surface area contributed by atoms with Crippen LogP contribution < -0.4 is 0 Å². The number of hydrogen-bond acceptors (Lipinski definition) is 0. The Labute approximate surface area is 121 Å². The number of hydrogen-bond donors (Lipinski definition) is 0. The van der Waals surface area contributed by atoms with Crippen molar-refractivity contribution in [2.24, 2.45) is 5.92 Å². The van der Waals surface area contributed by atoms with Crippen LogP contribution >= 0.6 is 0 Å². The first-order valence-corrected chi connectivity index (χ1v) is 8.06. The van der Waals surface area contributed by atoms with Crippen LogP contribution in [0.5, 0.6) is 0 Å². The van der Waals surface area contributed by atoms with Gasteiger partial charge in [0.25, 0.3) is 0 Å². The number of allylic oxidation sites excluding steroid dienone is 5. The minimum Gasteiger partial charge on any atom is -0.0804 e. The quantitative estimate of drug-likeness (QED) is 0.667. The van der Waals surface area contributed by atoms with Crippen LogP contribution in [0.15, 0.2) is 54.1 Å². The molecule has 0 saturated heterocycles. The number of fused-ring (bicyclic) bond motifs is 1. The molecular formula is C20H22. The Kier molecular flexibility index (Phi) is 2.91. The van der Waals surface area contributed by atoms with Gasteiger partial charge in [-0.1, -0.05) is 79.5 Å². The highest BCUT2D eigenvalue weighted by molar-refractivity contribution is 5.69. The van der Waals surface area contributed by atoms with Crippen molar-refractivity contribution >= 4 is 6.08 Å². The molecule has 0 radical (unpaired) electrons. The van der Waals surface area contributed by atoms with Gasteiger partial charge in [0.2, 0.25) is 0 Å². The van der Waals surface area contributed by atoms with Gasteiger partial charge in [0.05, 0.1) is 0 Å². The Morgan fingerprint density at radius 1 is 1.00 bits per heavy atom. The first-order chi connectivity index (χ1) is 9.91. The van der Waals surface area contributed by atoms with Crippen LogP contribution in [0.1, 0.15) is 49.7 Å². The van der Waals surface area contributed by atoms with Crippen LogP contribution in [-0.2, 0) is 5.41 Å². The topological polar surface area (TPSA) is 0 Å². The lowest BCUT2D eigenvalue weighted by atomic mass is 9.62. The molecule has 1 atom stereocenters. The van der Waals surface area contributed by atoms with Crippen LogP contribution in [0, 0.1) is 5.92 Å². The molecule has 4 rings (SSSR count). The van der Waals surface area contributed by atoms with Crippen LogP contribution in [-0.4, -0.2) is 0 Å². The van der Waals surface area contributed by atoms with E-state index in [0.717, 1.165) is 12.3 Å². The largest absolute Gasteiger partial charge is 0.0804 e. The van der Waals surface area contributed by atoms with Crippen molar-refractivity contribution < 1.29 is 0 Å². The Bertz CT molecular complexity index is 596. The second-order valence-corrected chi connectivity index (χ2v) is 6.45. The third-order valence-electron chi connectivity index (χ3n) is 5.48. The predicted molar refractivity (Wildman–Crippen MR) is 85.6 cm³/mol. The summed E-state index contributed by atoms with van der Waals surface area (Å²) < 4.78 is 0. The zero-order chi connectivity index (χ0) is 13.4. The number of benzene rings is 1. The second-order valence-electron chi connectivity index (χ2n) is 6.45. The van der Waals surface area contributed by atoms with E-state index in [9.17, 15) is 0 Å². The highest BCUT2D eigenvalue weighted by atomic mass is 14.5. The molecule has 1 aromatic rings. The van der Waals surface area contributed by atoms with Crippen LogP contribution in [0.2, 0.25) is 0 Å². The molecule has 3 aliphatic carbocycles. The summed E-state index contributed by atoms with van der Waals surface area (Å²) in [7, 11) is 0. The van der Waals surface area contributed by atoms with Crippen molar-refractivity contribution in [1.82, 2.24) is 0 Å². The maximum Gasteiger partial charge on any atom is 0.0384 e. The van der Waals surface area contributed by atoms with E-state index >= 15 is 0 Å². The zero-order valence-electron chi connectivity index (χ0n) is 12.0. The minimum absolute atomic E-state index is 0.195. The van der Waals surface area contributed by atoms with Crippen molar-refractivity contribution in [3.63, 3.8) is 0 Å². The van der Waals surface area contributed by atoms with Crippen molar-refractivity contribution in [1.29, 1.82) is 0 Å². The van der Waals surface area contributed by atoms with Gasteiger partial charge in [-0.05, 0) is 36.3 Å². The summed E-state index contributed by atoms with van der Waals surface area (Å²) in [5, 5.41) is 0. The Balaban J connectivity index is 1.84. The van der Waals surface area contributed by atoms with Crippen LogP contribution in [0.4, 0.5) is 0 Å². The molecule has 1 saturated carbocycles. The highest BCUT2D eigenvalue weighted by Gasteiger charge is 2.44. The molecule has 1 aromatic carbocycles. The van der Waals surface area contributed by atoms with E-state index in [-0.39, 0.29) is 5.41 Å². The molecule has 0 N–H and O–H groups in total. The van der Waals surface area contributed by atoms with Gasteiger partial charge >= 0.3 is 0 Å². The van der Waals surface area contributed by atoms with Crippen molar-refractivity contribution in [2.45, 2.75) is 43.9 Å². The fourth-order valence-electron chi connectivity index (χ4n) is 4.54. The molecule has 102 valence electrons. The molecule has 1 fully saturated rings. The normalized spacial score (nSPS) is 28.7. The summed E-state index contributed by atoms with van der Waals surface area (Å²) in [6.45, 7) is 0. The third kappa shape index (κ3) is 1.67. The lowest BCUT2D eigenvalue weighted by Crippen LogP contribution is -2.35. The van der Waals surface area contributed by atoms with E-state index in [1.807, 2.05) is 0 Å². The fraction of sp³-hybridized carbons (Fsp3) is 0.400. The average molecular weight is 262 g/mol. The predicted octanol–water partition coefficient (Wildman–Crippen LogP) is 5.42. The molecule has 0 heteroatoms. The summed E-state index contributed by atoms with van der Waals surface area (Å²) in [5.74, 6) is 0.794. The molecule has 0 aliphatic heterocycles. The second kappa shape index (κ2) is 4.77. The SMILES string of the molecule is C1=CCC(C2(C3CCCCC3)C=Cc3ccccc32)=C1. The molecule has 3 aliphatic rings. The van der Waals surface area contributed by atoms with Gasteiger partial charge in [0.1, 0.15) is 0 Å². The van der Waals surface area contributed by atoms with E-state index in [1.54, 1.807) is 11.1 Å². The van der Waals surface area contributed by atoms with Crippen molar-refractivity contribution in [3.8, 4) is 0 Å². The molecule has 0 nitrogen and oxygen atoms in total. The van der Waals surface area contributed by atoms with Crippen molar-refractivity contribution in [2.75, 3.05) is 0 Å². The Morgan fingerprint density at radius 2 is 1.85 bits per heavy atom. The smallest absolute Gasteiger partial charge is 0.0384 e. The van der Waals surface area contributed by atoms with E-state index in [0.29, 0.717) is 0 Å². The summed E-state index contributed by atoms with van der Waals surface area (Å²) in [5.41, 5.74) is 4.80. The molecule has 0 aromatic heterocycles. The average Bonchev–Trinajstić information content (AvgIpc) is 3.16. The molecule has 20 heavy (non-hydrogen) atoms. The first-order valence-electron chi connectivity index (χ1n) is 8.06. The highest BCUT2D eigenvalue weighted by Crippen LogP contribution is 2.53. The van der Waals surface area contributed by atoms with Gasteiger partial charge in [0.15, 0.2) is 0 Å². The van der Waals surface area contributed by atoms with Crippen molar-refractivity contribution in [3.05, 3.63) is 65.3 Å². The Hall–Kier alpha value is -1.56. The van der Waals surface area contributed by atoms with E-state index < -0.39 is 0 Å². The lowest BCUT2D eigenvalue weighted by molar-refractivity contribution is 0.275. The Morgan fingerprint density at radius 3 is 2.65 bits per heavy atom. The summed E-state index contributed by atoms with van der Waals surface area (Å²) in [6, 6.07) is 9.02. The van der Waals surface area contributed by atoms with E-state index in [2.05, 4.69) is 54.6 Å². The number of rotatable bonds is 2. The fourth-order valence-corrected chi connectivity index (χ4v) is 4.54. The van der Waals surface area contributed by atoms with Crippen LogP contribution in [0.3, 0.4) is 0 Å². The van der Waals surface area contributed by atoms with Gasteiger partial charge < -0.3 is 0 Å². The first kappa shape index (κ1) is 12.2. The summed E-state index contributed by atoms with van der Waals surface area (Å²) in [6.07, 6.45) is 20.0. The minimum atomic E-state index is 0.195. The molecular weight excluding hydrogens is 240 g/mol. The molecule has 0 amide bonds. The van der Waals surface area contributed by atoms with Gasteiger partial charge in [-0.3, -0.25) is 0 Å².